The van der Waals surface area contributed by atoms with Crippen molar-refractivity contribution >= 4 is 5.78 Å². The second kappa shape index (κ2) is 6.05. The first-order chi connectivity index (χ1) is 9.13. The highest BCUT2D eigenvalue weighted by Gasteiger charge is 2.15. The van der Waals surface area contributed by atoms with Gasteiger partial charge in [-0.2, -0.15) is 0 Å². The topological polar surface area (TPSA) is 26.3 Å². The van der Waals surface area contributed by atoms with Crippen LogP contribution in [0.1, 0.15) is 53.6 Å². The summed E-state index contributed by atoms with van der Waals surface area (Å²) < 4.78 is 5.42. The third-order valence-electron chi connectivity index (χ3n) is 3.98. The average Bonchev–Trinajstić information content (AvgIpc) is 2.42. The molecule has 2 heteroatoms. The second-order valence-electron chi connectivity index (χ2n) is 5.32. The number of ketones is 1. The van der Waals surface area contributed by atoms with Crippen LogP contribution in [0.15, 0.2) is 23.8 Å². The lowest BCUT2D eigenvalue weighted by Crippen LogP contribution is -2.04. The number of carbonyl (C=O) groups excluding carboxylic acids is 1. The molecule has 2 rings (SSSR count). The Kier molecular flexibility index (Phi) is 4.41. The predicted octanol–water partition coefficient (Wildman–Crippen LogP) is 4.39. The summed E-state index contributed by atoms with van der Waals surface area (Å²) in [7, 11) is 1.63. The van der Waals surface area contributed by atoms with Crippen LogP contribution in [0, 0.1) is 13.8 Å². The molecule has 1 aromatic rings. The zero-order valence-electron chi connectivity index (χ0n) is 12.1. The molecule has 0 N–H and O–H groups in total. The van der Waals surface area contributed by atoms with Gasteiger partial charge in [0.25, 0.3) is 0 Å². The highest BCUT2D eigenvalue weighted by atomic mass is 16.5. The summed E-state index contributed by atoms with van der Waals surface area (Å²) >= 11 is 0. The van der Waals surface area contributed by atoms with Gasteiger partial charge in [-0.3, -0.25) is 4.79 Å². The van der Waals surface area contributed by atoms with Crippen LogP contribution < -0.4 is 4.74 Å². The van der Waals surface area contributed by atoms with Crippen molar-refractivity contribution in [2.45, 2.75) is 46.0 Å². The minimum Gasteiger partial charge on any atom is -0.496 e. The first-order valence-corrected chi connectivity index (χ1v) is 7.01. The molecule has 1 saturated carbocycles. The maximum absolute atomic E-state index is 12.4. The van der Waals surface area contributed by atoms with Gasteiger partial charge < -0.3 is 4.74 Å². The van der Waals surface area contributed by atoms with Crippen molar-refractivity contribution in [2.24, 2.45) is 0 Å². The Morgan fingerprint density at radius 3 is 2.47 bits per heavy atom. The lowest BCUT2D eigenvalue weighted by atomic mass is 9.92. The van der Waals surface area contributed by atoms with Gasteiger partial charge in [0.15, 0.2) is 5.78 Å². The van der Waals surface area contributed by atoms with Crippen molar-refractivity contribution in [1.29, 1.82) is 0 Å². The Morgan fingerprint density at radius 2 is 1.84 bits per heavy atom. The molecule has 0 aromatic heterocycles. The Labute approximate surface area is 115 Å². The summed E-state index contributed by atoms with van der Waals surface area (Å²) in [5.74, 6) is 0.800. The highest BCUT2D eigenvalue weighted by molar-refractivity contribution is 6.07. The standard InChI is InChI=1S/C17H22O2/c1-12-9-10-15(17(19-3)13(12)2)16(18)11-14-7-5-4-6-8-14/h9-11H,4-8H2,1-3H3. The molecule has 0 radical (unpaired) electrons. The maximum atomic E-state index is 12.4. The third kappa shape index (κ3) is 3.06. The molecule has 0 spiro atoms. The van der Waals surface area contributed by atoms with E-state index in [1.165, 1.54) is 24.8 Å². The van der Waals surface area contributed by atoms with Crippen LogP contribution in [-0.2, 0) is 0 Å². The Bertz CT molecular complexity index is 504. The molecular weight excluding hydrogens is 236 g/mol. The number of hydrogen-bond acceptors (Lipinski definition) is 2. The van der Waals surface area contributed by atoms with Crippen LogP contribution in [0.5, 0.6) is 5.75 Å². The number of ether oxygens (including phenoxy) is 1. The van der Waals surface area contributed by atoms with E-state index in [1.807, 2.05) is 32.1 Å². The predicted molar refractivity (Wildman–Crippen MR) is 78.0 cm³/mol. The zero-order chi connectivity index (χ0) is 13.8. The number of allylic oxidation sites excluding steroid dienone is 2. The van der Waals surface area contributed by atoms with Crippen LogP contribution in [0.2, 0.25) is 0 Å². The SMILES string of the molecule is COc1c(C(=O)C=C2CCCCC2)ccc(C)c1C. The highest BCUT2D eigenvalue weighted by Crippen LogP contribution is 2.28. The number of carbonyl (C=O) groups is 1. The van der Waals surface area contributed by atoms with Crippen molar-refractivity contribution < 1.29 is 9.53 Å². The van der Waals surface area contributed by atoms with Gasteiger partial charge in [-0.25, -0.2) is 0 Å². The van der Waals surface area contributed by atoms with Crippen LogP contribution in [0.25, 0.3) is 0 Å². The van der Waals surface area contributed by atoms with E-state index in [9.17, 15) is 4.79 Å². The fourth-order valence-corrected chi connectivity index (χ4v) is 2.66. The third-order valence-corrected chi connectivity index (χ3v) is 3.98. The van der Waals surface area contributed by atoms with Gasteiger partial charge in [0.2, 0.25) is 0 Å². The van der Waals surface area contributed by atoms with Gasteiger partial charge in [0.1, 0.15) is 5.75 Å². The molecule has 0 atom stereocenters. The summed E-state index contributed by atoms with van der Waals surface area (Å²) in [5.41, 5.74) is 4.18. The van der Waals surface area contributed by atoms with E-state index >= 15 is 0 Å². The quantitative estimate of drug-likeness (QED) is 0.594. The van der Waals surface area contributed by atoms with Crippen LogP contribution >= 0.6 is 0 Å². The van der Waals surface area contributed by atoms with Gasteiger partial charge in [0.05, 0.1) is 12.7 Å². The van der Waals surface area contributed by atoms with E-state index in [2.05, 4.69) is 0 Å². The van der Waals surface area contributed by atoms with E-state index in [4.69, 9.17) is 4.74 Å². The molecule has 0 bridgehead atoms. The van der Waals surface area contributed by atoms with Crippen molar-refractivity contribution in [3.8, 4) is 5.75 Å². The monoisotopic (exact) mass is 258 g/mol. The normalized spacial score (nSPS) is 15.2. The van der Waals surface area contributed by atoms with Gasteiger partial charge >= 0.3 is 0 Å². The molecular formula is C17H22O2. The fraction of sp³-hybridized carbons (Fsp3) is 0.471. The Hall–Kier alpha value is -1.57. The minimum absolute atomic E-state index is 0.0804. The molecule has 0 aliphatic heterocycles. The minimum atomic E-state index is 0.0804. The summed E-state index contributed by atoms with van der Waals surface area (Å²) in [6, 6.07) is 3.87. The second-order valence-corrected chi connectivity index (χ2v) is 5.32. The number of benzene rings is 1. The molecule has 0 heterocycles. The number of aryl methyl sites for hydroxylation is 1. The van der Waals surface area contributed by atoms with Crippen molar-refractivity contribution in [2.75, 3.05) is 7.11 Å². The Morgan fingerprint density at radius 1 is 1.16 bits per heavy atom. The first-order valence-electron chi connectivity index (χ1n) is 7.01. The van der Waals surface area contributed by atoms with E-state index in [1.54, 1.807) is 7.11 Å². The molecule has 0 amide bonds. The summed E-state index contributed by atoms with van der Waals surface area (Å²) in [6.45, 7) is 4.03. The smallest absolute Gasteiger partial charge is 0.189 e. The number of hydrogen-bond donors (Lipinski definition) is 0. The largest absolute Gasteiger partial charge is 0.496 e. The number of methoxy groups -OCH3 is 1. The van der Waals surface area contributed by atoms with Gasteiger partial charge in [-0.15, -0.1) is 0 Å². The molecule has 0 unspecified atom stereocenters. The van der Waals surface area contributed by atoms with Gasteiger partial charge in [0, 0.05) is 0 Å². The number of rotatable bonds is 3. The summed E-state index contributed by atoms with van der Waals surface area (Å²) in [6.07, 6.45) is 7.68. The van der Waals surface area contributed by atoms with Crippen LogP contribution in [0.3, 0.4) is 0 Å². The first kappa shape index (κ1) is 13.9. The molecule has 102 valence electrons. The van der Waals surface area contributed by atoms with Crippen LogP contribution in [0.4, 0.5) is 0 Å². The molecule has 1 aromatic carbocycles. The zero-order valence-corrected chi connectivity index (χ0v) is 12.1. The van der Waals surface area contributed by atoms with E-state index < -0.39 is 0 Å². The van der Waals surface area contributed by atoms with Crippen molar-refractivity contribution in [3.05, 3.63) is 40.5 Å². The van der Waals surface area contributed by atoms with Gasteiger partial charge in [-0.1, -0.05) is 18.1 Å². The average molecular weight is 258 g/mol. The van der Waals surface area contributed by atoms with Crippen LogP contribution in [-0.4, -0.2) is 12.9 Å². The molecule has 1 aliphatic carbocycles. The van der Waals surface area contributed by atoms with E-state index in [0.717, 1.165) is 29.7 Å². The molecule has 1 aliphatic rings. The molecule has 19 heavy (non-hydrogen) atoms. The Balaban J connectivity index is 2.31. The van der Waals surface area contributed by atoms with Gasteiger partial charge in [-0.05, 0) is 62.8 Å². The maximum Gasteiger partial charge on any atom is 0.189 e. The lowest BCUT2D eigenvalue weighted by molar-refractivity contribution is 0.104. The lowest BCUT2D eigenvalue weighted by Gasteiger charge is -2.14. The van der Waals surface area contributed by atoms with Crippen molar-refractivity contribution in [1.82, 2.24) is 0 Å². The summed E-state index contributed by atoms with van der Waals surface area (Å²) in [4.78, 5) is 12.4. The van der Waals surface area contributed by atoms with E-state index in [-0.39, 0.29) is 5.78 Å². The van der Waals surface area contributed by atoms with E-state index in [0.29, 0.717) is 5.56 Å². The molecule has 2 nitrogen and oxygen atoms in total. The van der Waals surface area contributed by atoms with Crippen molar-refractivity contribution in [3.63, 3.8) is 0 Å². The summed E-state index contributed by atoms with van der Waals surface area (Å²) in [5, 5.41) is 0. The molecule has 1 fully saturated rings. The fourth-order valence-electron chi connectivity index (χ4n) is 2.66. The molecule has 0 saturated heterocycles.